The zero-order valence-corrected chi connectivity index (χ0v) is 17.8. The number of ether oxygens (including phenoxy) is 1. The van der Waals surface area contributed by atoms with Crippen molar-refractivity contribution in [2.24, 2.45) is 0 Å². The van der Waals surface area contributed by atoms with Crippen LogP contribution >= 0.6 is 11.3 Å². The van der Waals surface area contributed by atoms with Crippen molar-refractivity contribution < 1.29 is 18.7 Å². The summed E-state index contributed by atoms with van der Waals surface area (Å²) in [6, 6.07) is 11.8. The normalized spacial score (nSPS) is 10.9. The maximum Gasteiger partial charge on any atom is 0.341 e. The summed E-state index contributed by atoms with van der Waals surface area (Å²) < 4.78 is 18.2. The standard InChI is InChI=1S/C24H22FNO3S/c1-4-29-24(28)22-20(18-9-5-15(2)16(3)13-18)14-30-23(22)26-21(27)12-8-17-6-10-19(25)11-7-17/h5-14H,4H2,1-3H3,(H,26,27). The topological polar surface area (TPSA) is 55.4 Å². The van der Waals surface area contributed by atoms with Crippen LogP contribution in [-0.2, 0) is 9.53 Å². The number of aryl methyl sites for hydroxylation is 2. The Kier molecular flexibility index (Phi) is 6.79. The fourth-order valence-electron chi connectivity index (χ4n) is 2.88. The van der Waals surface area contributed by atoms with Gasteiger partial charge in [-0.05, 0) is 61.2 Å². The molecule has 0 saturated heterocycles. The number of halogens is 1. The quantitative estimate of drug-likeness (QED) is 0.391. The molecule has 0 saturated carbocycles. The molecular formula is C24H22FNO3S. The van der Waals surface area contributed by atoms with E-state index in [4.69, 9.17) is 4.74 Å². The van der Waals surface area contributed by atoms with Crippen molar-refractivity contribution in [2.75, 3.05) is 11.9 Å². The summed E-state index contributed by atoms with van der Waals surface area (Å²) in [7, 11) is 0. The van der Waals surface area contributed by atoms with Crippen LogP contribution in [0.1, 0.15) is 34.0 Å². The maximum atomic E-state index is 13.0. The molecule has 0 aliphatic rings. The van der Waals surface area contributed by atoms with Crippen molar-refractivity contribution >= 4 is 34.3 Å². The van der Waals surface area contributed by atoms with Crippen LogP contribution in [0.3, 0.4) is 0 Å². The molecule has 0 aliphatic carbocycles. The molecule has 0 radical (unpaired) electrons. The second-order valence-corrected chi connectivity index (χ2v) is 7.63. The molecule has 30 heavy (non-hydrogen) atoms. The minimum Gasteiger partial charge on any atom is -0.462 e. The van der Waals surface area contributed by atoms with E-state index >= 15 is 0 Å². The van der Waals surface area contributed by atoms with Gasteiger partial charge in [-0.25, -0.2) is 9.18 Å². The van der Waals surface area contributed by atoms with E-state index in [0.717, 1.165) is 22.3 Å². The average molecular weight is 424 g/mol. The summed E-state index contributed by atoms with van der Waals surface area (Å²) >= 11 is 1.27. The Morgan fingerprint density at radius 1 is 1.10 bits per heavy atom. The van der Waals surface area contributed by atoms with Crippen molar-refractivity contribution in [3.05, 3.63) is 82.0 Å². The Morgan fingerprint density at radius 2 is 1.83 bits per heavy atom. The number of esters is 1. The number of hydrogen-bond donors (Lipinski definition) is 1. The maximum absolute atomic E-state index is 13.0. The van der Waals surface area contributed by atoms with E-state index in [1.54, 1.807) is 25.1 Å². The molecule has 1 N–H and O–H groups in total. The van der Waals surface area contributed by atoms with Gasteiger partial charge in [-0.3, -0.25) is 4.79 Å². The largest absolute Gasteiger partial charge is 0.462 e. The minimum absolute atomic E-state index is 0.235. The highest BCUT2D eigenvalue weighted by Gasteiger charge is 2.22. The third kappa shape index (κ3) is 5.02. The number of anilines is 1. The molecule has 0 unspecified atom stereocenters. The van der Waals surface area contributed by atoms with Crippen LogP contribution in [0.25, 0.3) is 17.2 Å². The molecule has 3 rings (SSSR count). The molecule has 0 spiro atoms. The number of thiophene rings is 1. The zero-order chi connectivity index (χ0) is 21.7. The lowest BCUT2D eigenvalue weighted by Crippen LogP contribution is -2.12. The molecule has 1 aromatic heterocycles. The molecule has 1 amide bonds. The van der Waals surface area contributed by atoms with E-state index in [2.05, 4.69) is 5.32 Å². The van der Waals surface area contributed by atoms with Crippen molar-refractivity contribution in [3.8, 4) is 11.1 Å². The molecule has 1 heterocycles. The van der Waals surface area contributed by atoms with Gasteiger partial charge in [0.05, 0.1) is 6.61 Å². The summed E-state index contributed by atoms with van der Waals surface area (Å²) in [6.07, 6.45) is 2.92. The SMILES string of the molecule is CCOC(=O)c1c(-c2ccc(C)c(C)c2)csc1NC(=O)C=Cc1ccc(F)cc1. The number of amides is 1. The lowest BCUT2D eigenvalue weighted by atomic mass is 9.99. The lowest BCUT2D eigenvalue weighted by molar-refractivity contribution is -0.111. The van der Waals surface area contributed by atoms with E-state index in [9.17, 15) is 14.0 Å². The van der Waals surface area contributed by atoms with Gasteiger partial charge < -0.3 is 10.1 Å². The number of benzene rings is 2. The van der Waals surface area contributed by atoms with E-state index in [-0.39, 0.29) is 12.4 Å². The van der Waals surface area contributed by atoms with Gasteiger partial charge in [0.25, 0.3) is 0 Å². The predicted molar refractivity (Wildman–Crippen MR) is 119 cm³/mol. The number of carbonyl (C=O) groups excluding carboxylic acids is 2. The van der Waals surface area contributed by atoms with Crippen LogP contribution in [0.4, 0.5) is 9.39 Å². The summed E-state index contributed by atoms with van der Waals surface area (Å²) in [5, 5.41) is 5.03. The molecule has 0 aliphatic heterocycles. The summed E-state index contributed by atoms with van der Waals surface area (Å²) in [5.74, 6) is -1.21. The van der Waals surface area contributed by atoms with Crippen molar-refractivity contribution in [2.45, 2.75) is 20.8 Å². The van der Waals surface area contributed by atoms with Crippen LogP contribution < -0.4 is 5.32 Å². The lowest BCUT2D eigenvalue weighted by Gasteiger charge is -2.09. The van der Waals surface area contributed by atoms with Gasteiger partial charge in [-0.2, -0.15) is 0 Å². The Bertz CT molecular complexity index is 1100. The summed E-state index contributed by atoms with van der Waals surface area (Å²) in [6.45, 7) is 6.01. The Labute approximate surface area is 179 Å². The summed E-state index contributed by atoms with van der Waals surface area (Å²) in [4.78, 5) is 25.1. The first-order valence-electron chi connectivity index (χ1n) is 9.50. The fourth-order valence-corrected chi connectivity index (χ4v) is 3.84. The molecule has 0 atom stereocenters. The van der Waals surface area contributed by atoms with Crippen LogP contribution in [-0.4, -0.2) is 18.5 Å². The third-order valence-corrected chi connectivity index (χ3v) is 5.52. The van der Waals surface area contributed by atoms with Crippen molar-refractivity contribution in [1.82, 2.24) is 0 Å². The van der Waals surface area contributed by atoms with Crippen LogP contribution in [0, 0.1) is 19.7 Å². The van der Waals surface area contributed by atoms with E-state index in [1.165, 1.54) is 29.5 Å². The highest BCUT2D eigenvalue weighted by atomic mass is 32.1. The minimum atomic E-state index is -0.482. The predicted octanol–water partition coefficient (Wildman–Crippen LogP) is 6.00. The smallest absolute Gasteiger partial charge is 0.341 e. The molecule has 3 aromatic rings. The van der Waals surface area contributed by atoms with E-state index in [1.807, 2.05) is 37.4 Å². The van der Waals surface area contributed by atoms with Crippen LogP contribution in [0.5, 0.6) is 0 Å². The molecular weight excluding hydrogens is 401 g/mol. The highest BCUT2D eigenvalue weighted by molar-refractivity contribution is 7.15. The monoisotopic (exact) mass is 423 g/mol. The Balaban J connectivity index is 1.89. The van der Waals surface area contributed by atoms with Crippen LogP contribution in [0.2, 0.25) is 0 Å². The van der Waals surface area contributed by atoms with E-state index in [0.29, 0.717) is 16.1 Å². The molecule has 4 nitrogen and oxygen atoms in total. The van der Waals surface area contributed by atoms with Gasteiger partial charge >= 0.3 is 5.97 Å². The van der Waals surface area contributed by atoms with Gasteiger partial charge in [0.1, 0.15) is 16.4 Å². The van der Waals surface area contributed by atoms with Gasteiger partial charge in [0.2, 0.25) is 5.91 Å². The summed E-state index contributed by atoms with van der Waals surface area (Å²) in [5.41, 5.74) is 4.92. The fraction of sp³-hybridized carbons (Fsp3) is 0.167. The van der Waals surface area contributed by atoms with Crippen LogP contribution in [0.15, 0.2) is 53.9 Å². The van der Waals surface area contributed by atoms with Crippen molar-refractivity contribution in [1.29, 1.82) is 0 Å². The Morgan fingerprint density at radius 3 is 2.50 bits per heavy atom. The van der Waals surface area contributed by atoms with Gasteiger partial charge in [-0.15, -0.1) is 11.3 Å². The first kappa shape index (κ1) is 21.5. The van der Waals surface area contributed by atoms with Gasteiger partial charge in [-0.1, -0.05) is 30.3 Å². The molecule has 0 bridgehead atoms. The first-order chi connectivity index (χ1) is 14.4. The van der Waals surface area contributed by atoms with Gasteiger partial charge in [0.15, 0.2) is 0 Å². The molecule has 0 fully saturated rings. The number of carbonyl (C=O) groups is 2. The average Bonchev–Trinajstić information content (AvgIpc) is 3.13. The highest BCUT2D eigenvalue weighted by Crippen LogP contribution is 2.37. The number of hydrogen-bond acceptors (Lipinski definition) is 4. The Hall–Kier alpha value is -3.25. The number of nitrogens with one attached hydrogen (secondary N) is 1. The molecule has 2 aromatic carbocycles. The van der Waals surface area contributed by atoms with Crippen molar-refractivity contribution in [3.63, 3.8) is 0 Å². The molecule has 6 heteroatoms. The second-order valence-electron chi connectivity index (χ2n) is 6.75. The first-order valence-corrected chi connectivity index (χ1v) is 10.4. The zero-order valence-electron chi connectivity index (χ0n) is 17.0. The third-order valence-electron chi connectivity index (χ3n) is 4.62. The second kappa shape index (κ2) is 9.50. The molecule has 154 valence electrons. The van der Waals surface area contributed by atoms with E-state index < -0.39 is 11.9 Å². The van der Waals surface area contributed by atoms with Gasteiger partial charge in [0, 0.05) is 17.0 Å². The number of rotatable bonds is 6.